The third kappa shape index (κ3) is 2.61. The number of nitrogens with one attached hydrogen (secondary N) is 1. The van der Waals surface area contributed by atoms with Crippen molar-refractivity contribution >= 4 is 5.69 Å². The Hall–Kier alpha value is -2.37. The van der Waals surface area contributed by atoms with E-state index in [0.717, 1.165) is 11.6 Å². The van der Waals surface area contributed by atoms with Gasteiger partial charge in [-0.25, -0.2) is 13.2 Å². The highest BCUT2D eigenvalue weighted by Gasteiger charge is 2.17. The normalized spacial score (nSPS) is 14.1. The summed E-state index contributed by atoms with van der Waals surface area (Å²) in [6, 6.07) is 6.31. The zero-order valence-corrected chi connectivity index (χ0v) is 11.1. The van der Waals surface area contributed by atoms with Gasteiger partial charge in [0, 0.05) is 18.2 Å². The summed E-state index contributed by atoms with van der Waals surface area (Å²) < 4.78 is 50.4. The quantitative estimate of drug-likeness (QED) is 0.868. The minimum absolute atomic E-state index is 0.157. The van der Waals surface area contributed by atoms with Crippen molar-refractivity contribution in [3.05, 3.63) is 53.3 Å². The minimum Gasteiger partial charge on any atom is -0.454 e. The molecule has 3 nitrogen and oxygen atoms in total. The molecule has 0 amide bonds. The Balaban J connectivity index is 1.85. The van der Waals surface area contributed by atoms with Crippen molar-refractivity contribution in [1.82, 2.24) is 0 Å². The fraction of sp³-hybridized carbons (Fsp3) is 0.200. The molecule has 6 heteroatoms. The fourth-order valence-corrected chi connectivity index (χ4v) is 2.16. The van der Waals surface area contributed by atoms with Crippen LogP contribution in [-0.4, -0.2) is 6.79 Å². The van der Waals surface area contributed by atoms with Crippen molar-refractivity contribution < 1.29 is 22.6 Å². The van der Waals surface area contributed by atoms with Gasteiger partial charge in [-0.3, -0.25) is 0 Å². The maximum Gasteiger partial charge on any atom is 0.231 e. The van der Waals surface area contributed by atoms with Crippen LogP contribution in [0.25, 0.3) is 0 Å². The molecule has 0 radical (unpaired) electrons. The van der Waals surface area contributed by atoms with Crippen molar-refractivity contribution in [2.24, 2.45) is 0 Å². The molecule has 1 unspecified atom stereocenters. The van der Waals surface area contributed by atoms with E-state index in [1.807, 2.05) is 0 Å². The van der Waals surface area contributed by atoms with E-state index in [2.05, 4.69) is 5.32 Å². The molecular formula is C15H12F3NO2. The lowest BCUT2D eigenvalue weighted by molar-refractivity contribution is 0.174. The summed E-state index contributed by atoms with van der Waals surface area (Å²) in [6.07, 6.45) is 0. The summed E-state index contributed by atoms with van der Waals surface area (Å²) in [4.78, 5) is 0. The maximum atomic E-state index is 13.6. The van der Waals surface area contributed by atoms with Gasteiger partial charge in [0.05, 0.1) is 5.69 Å². The molecule has 0 bridgehead atoms. The monoisotopic (exact) mass is 295 g/mol. The number of hydrogen-bond acceptors (Lipinski definition) is 3. The van der Waals surface area contributed by atoms with Gasteiger partial charge in [-0.15, -0.1) is 0 Å². The number of ether oxygens (including phenoxy) is 2. The molecule has 110 valence electrons. The molecule has 1 aliphatic rings. The van der Waals surface area contributed by atoms with E-state index in [1.165, 1.54) is 0 Å². The molecule has 2 aromatic rings. The van der Waals surface area contributed by atoms with Gasteiger partial charge in [0.2, 0.25) is 6.79 Å². The zero-order valence-electron chi connectivity index (χ0n) is 11.1. The molecule has 0 saturated carbocycles. The molecule has 3 rings (SSSR count). The number of halogens is 3. The van der Waals surface area contributed by atoms with Crippen LogP contribution in [0.1, 0.15) is 18.5 Å². The number of rotatable bonds is 3. The van der Waals surface area contributed by atoms with Crippen molar-refractivity contribution in [2.75, 3.05) is 12.1 Å². The van der Waals surface area contributed by atoms with Crippen LogP contribution in [0.2, 0.25) is 0 Å². The van der Waals surface area contributed by atoms with E-state index in [1.54, 1.807) is 25.1 Å². The molecule has 1 aliphatic heterocycles. The SMILES string of the molecule is CC(Nc1cc(F)cc(F)c1F)c1ccc2c(c1)OCO2. The molecule has 21 heavy (non-hydrogen) atoms. The molecule has 0 aromatic heterocycles. The number of anilines is 1. The summed E-state index contributed by atoms with van der Waals surface area (Å²) in [5.74, 6) is -1.95. The van der Waals surface area contributed by atoms with Crippen LogP contribution in [0.5, 0.6) is 11.5 Å². The van der Waals surface area contributed by atoms with Crippen molar-refractivity contribution in [1.29, 1.82) is 0 Å². The Bertz CT molecular complexity index is 691. The average Bonchev–Trinajstić information content (AvgIpc) is 2.91. The zero-order chi connectivity index (χ0) is 15.0. The lowest BCUT2D eigenvalue weighted by Gasteiger charge is -2.17. The first-order valence-corrected chi connectivity index (χ1v) is 6.35. The lowest BCUT2D eigenvalue weighted by Crippen LogP contribution is -2.09. The summed E-state index contributed by atoms with van der Waals surface area (Å²) in [7, 11) is 0. The van der Waals surface area contributed by atoms with Crippen LogP contribution in [0.3, 0.4) is 0 Å². The highest BCUT2D eigenvalue weighted by Crippen LogP contribution is 2.35. The van der Waals surface area contributed by atoms with Crippen molar-refractivity contribution in [2.45, 2.75) is 13.0 Å². The molecule has 0 aliphatic carbocycles. The van der Waals surface area contributed by atoms with Crippen molar-refractivity contribution in [3.8, 4) is 11.5 Å². The predicted octanol–water partition coefficient (Wildman–Crippen LogP) is 4.01. The minimum atomic E-state index is -1.23. The molecule has 0 fully saturated rings. The van der Waals surface area contributed by atoms with E-state index < -0.39 is 17.5 Å². The summed E-state index contributed by atoms with van der Waals surface area (Å²) in [5.41, 5.74) is 0.556. The molecule has 0 saturated heterocycles. The molecule has 1 heterocycles. The van der Waals surface area contributed by atoms with Gasteiger partial charge in [-0.05, 0) is 24.6 Å². The van der Waals surface area contributed by atoms with Crippen molar-refractivity contribution in [3.63, 3.8) is 0 Å². The first-order chi connectivity index (χ1) is 10.0. The second kappa shape index (κ2) is 5.20. The van der Waals surface area contributed by atoms with E-state index >= 15 is 0 Å². The van der Waals surface area contributed by atoms with Gasteiger partial charge in [0.15, 0.2) is 23.1 Å². The predicted molar refractivity (Wildman–Crippen MR) is 70.9 cm³/mol. The first kappa shape index (κ1) is 13.6. The van der Waals surface area contributed by atoms with Crippen LogP contribution < -0.4 is 14.8 Å². The smallest absolute Gasteiger partial charge is 0.231 e. The highest BCUT2D eigenvalue weighted by atomic mass is 19.2. The number of benzene rings is 2. The second-order valence-corrected chi connectivity index (χ2v) is 4.73. The molecular weight excluding hydrogens is 283 g/mol. The first-order valence-electron chi connectivity index (χ1n) is 6.35. The van der Waals surface area contributed by atoms with Crippen LogP contribution in [-0.2, 0) is 0 Å². The van der Waals surface area contributed by atoms with E-state index in [9.17, 15) is 13.2 Å². The van der Waals surface area contributed by atoms with Gasteiger partial charge in [-0.2, -0.15) is 0 Å². The Labute approximate surface area is 119 Å². The number of fused-ring (bicyclic) bond motifs is 1. The summed E-state index contributed by atoms with van der Waals surface area (Å²) in [5, 5.41) is 2.75. The summed E-state index contributed by atoms with van der Waals surface area (Å²) >= 11 is 0. The van der Waals surface area contributed by atoms with Crippen LogP contribution in [0, 0.1) is 17.5 Å². The van der Waals surface area contributed by atoms with Gasteiger partial charge in [-0.1, -0.05) is 6.07 Å². The van der Waals surface area contributed by atoms with E-state index in [0.29, 0.717) is 17.6 Å². The Morgan fingerprint density at radius 3 is 2.62 bits per heavy atom. The Kier molecular flexibility index (Phi) is 3.37. The largest absolute Gasteiger partial charge is 0.454 e. The molecule has 2 aromatic carbocycles. The third-order valence-electron chi connectivity index (χ3n) is 3.26. The van der Waals surface area contributed by atoms with Gasteiger partial charge in [0.1, 0.15) is 5.82 Å². The topological polar surface area (TPSA) is 30.5 Å². The lowest BCUT2D eigenvalue weighted by atomic mass is 10.1. The summed E-state index contributed by atoms with van der Waals surface area (Å²) in [6.45, 7) is 1.91. The van der Waals surface area contributed by atoms with Crippen LogP contribution >= 0.6 is 0 Å². The third-order valence-corrected chi connectivity index (χ3v) is 3.26. The Morgan fingerprint density at radius 2 is 1.81 bits per heavy atom. The van der Waals surface area contributed by atoms with Crippen LogP contribution in [0.15, 0.2) is 30.3 Å². The molecule has 0 spiro atoms. The average molecular weight is 295 g/mol. The molecule has 1 atom stereocenters. The standard InChI is InChI=1S/C15H12F3NO2/c1-8(9-2-3-13-14(4-9)21-7-20-13)19-12-6-10(16)5-11(17)15(12)18/h2-6,8,19H,7H2,1H3. The Morgan fingerprint density at radius 1 is 1.05 bits per heavy atom. The molecule has 1 N–H and O–H groups in total. The second-order valence-electron chi connectivity index (χ2n) is 4.73. The fourth-order valence-electron chi connectivity index (χ4n) is 2.16. The van der Waals surface area contributed by atoms with Gasteiger partial charge < -0.3 is 14.8 Å². The number of hydrogen-bond donors (Lipinski definition) is 1. The van der Waals surface area contributed by atoms with Gasteiger partial charge >= 0.3 is 0 Å². The highest BCUT2D eigenvalue weighted by molar-refractivity contribution is 5.50. The van der Waals surface area contributed by atoms with Gasteiger partial charge in [0.25, 0.3) is 0 Å². The van der Waals surface area contributed by atoms with E-state index in [-0.39, 0.29) is 18.5 Å². The van der Waals surface area contributed by atoms with E-state index in [4.69, 9.17) is 9.47 Å². The van der Waals surface area contributed by atoms with Crippen LogP contribution in [0.4, 0.5) is 18.9 Å². The maximum absolute atomic E-state index is 13.6.